The number of nitrogens with two attached hydrogens (primary N) is 1. The van der Waals surface area contributed by atoms with Crippen molar-refractivity contribution >= 4 is 17.8 Å². The molecule has 5 aliphatic rings. The topological polar surface area (TPSA) is 106 Å². The van der Waals surface area contributed by atoms with Gasteiger partial charge in [-0.2, -0.15) is 0 Å². The van der Waals surface area contributed by atoms with Crippen LogP contribution in [-0.2, 0) is 20.7 Å². The summed E-state index contributed by atoms with van der Waals surface area (Å²) < 4.78 is 12.0. The number of guanidine groups is 1. The number of aliphatic imine (C=N–C) groups is 1. The number of hydrogen-bond acceptors (Lipinski definition) is 6. The first-order valence-electron chi connectivity index (χ1n) is 13.1. The van der Waals surface area contributed by atoms with Crippen molar-refractivity contribution in [2.75, 3.05) is 13.2 Å². The summed E-state index contributed by atoms with van der Waals surface area (Å²) >= 11 is 0. The second-order valence-electron chi connectivity index (χ2n) is 11.1. The van der Waals surface area contributed by atoms with E-state index in [0.717, 1.165) is 43.4 Å². The molecule has 0 aliphatic carbocycles. The minimum atomic E-state index is -0.352. The van der Waals surface area contributed by atoms with Crippen LogP contribution in [0.3, 0.4) is 0 Å². The van der Waals surface area contributed by atoms with E-state index in [2.05, 4.69) is 31.3 Å². The summed E-state index contributed by atoms with van der Waals surface area (Å²) in [6.07, 6.45) is 6.63. The van der Waals surface area contributed by atoms with Gasteiger partial charge < -0.3 is 20.5 Å². The van der Waals surface area contributed by atoms with Crippen molar-refractivity contribution in [1.82, 2.24) is 10.2 Å². The van der Waals surface area contributed by atoms with Gasteiger partial charge in [0.1, 0.15) is 11.4 Å². The Kier molecular flexibility index (Phi) is 6.75. The highest BCUT2D eigenvalue weighted by Gasteiger charge is 2.39. The molecule has 1 aromatic carbocycles. The molecular weight excluding hydrogens is 444 g/mol. The van der Waals surface area contributed by atoms with E-state index in [4.69, 9.17) is 20.2 Å². The minimum Gasteiger partial charge on any atom is -0.487 e. The molecule has 2 amide bonds. The van der Waals surface area contributed by atoms with Crippen molar-refractivity contribution in [3.63, 3.8) is 0 Å². The third-order valence-electron chi connectivity index (χ3n) is 7.87. The summed E-state index contributed by atoms with van der Waals surface area (Å²) in [6.45, 7) is 5.24. The number of carbonyl (C=O) groups excluding carboxylic acids is 2. The summed E-state index contributed by atoms with van der Waals surface area (Å²) in [5.41, 5.74) is 8.30. The highest BCUT2D eigenvalue weighted by Crippen LogP contribution is 2.40. The van der Waals surface area contributed by atoms with Crippen LogP contribution in [0.4, 0.5) is 0 Å². The first-order valence-corrected chi connectivity index (χ1v) is 13.1. The number of rotatable bonds is 0. The summed E-state index contributed by atoms with van der Waals surface area (Å²) in [4.78, 5) is 32.7. The zero-order chi connectivity index (χ0) is 24.6. The molecule has 8 heteroatoms. The molecule has 0 radical (unpaired) electrons. The fourth-order valence-electron chi connectivity index (χ4n) is 6.13. The van der Waals surface area contributed by atoms with Crippen molar-refractivity contribution in [2.45, 2.75) is 95.4 Å². The molecule has 1 aromatic rings. The standard InChI is InChI=1S/C27H38N4O4/c1-27(2)15-21-20-13-17(7-9-23(20)35-27)5-3-4-6-19-14-25(33)31(26(28)29-19)22-11-12-34-16-18(22)8-10-24(32)30-21/h7,9,13,18-19,21-22H,3-6,8,10-12,14-16H2,1-2H3,(H2,28,29)(H,30,32). The van der Waals surface area contributed by atoms with E-state index in [-0.39, 0.29) is 41.5 Å². The molecule has 4 bridgehead atoms. The second kappa shape index (κ2) is 9.80. The molecule has 6 rings (SSSR count). The lowest BCUT2D eigenvalue weighted by atomic mass is 9.87. The Balaban J connectivity index is 1.42. The maximum atomic E-state index is 13.1. The summed E-state index contributed by atoms with van der Waals surface area (Å²) in [5.74, 6) is 1.31. The number of aryl methyl sites for hydroxylation is 1. The summed E-state index contributed by atoms with van der Waals surface area (Å²) in [7, 11) is 0. The quantitative estimate of drug-likeness (QED) is 0.591. The van der Waals surface area contributed by atoms with E-state index in [0.29, 0.717) is 44.9 Å². The average molecular weight is 483 g/mol. The maximum Gasteiger partial charge on any atom is 0.231 e. The van der Waals surface area contributed by atoms with E-state index in [1.165, 1.54) is 5.56 Å². The fourth-order valence-corrected chi connectivity index (χ4v) is 6.13. The Morgan fingerprint density at radius 2 is 2.00 bits per heavy atom. The van der Waals surface area contributed by atoms with Crippen LogP contribution in [-0.4, -0.2) is 53.6 Å². The highest BCUT2D eigenvalue weighted by molar-refractivity contribution is 5.99. The first-order chi connectivity index (χ1) is 16.8. The van der Waals surface area contributed by atoms with Gasteiger partial charge in [-0.05, 0) is 57.6 Å². The Bertz CT molecular complexity index is 1010. The van der Waals surface area contributed by atoms with Crippen LogP contribution < -0.4 is 15.8 Å². The van der Waals surface area contributed by atoms with Crippen molar-refractivity contribution in [2.24, 2.45) is 16.6 Å². The number of hydrogen-bond donors (Lipinski definition) is 2. The molecule has 3 N–H and O–H groups in total. The molecule has 1 fully saturated rings. The molecular formula is C27H38N4O4. The zero-order valence-corrected chi connectivity index (χ0v) is 20.9. The molecule has 4 atom stereocenters. The number of nitrogens with one attached hydrogen (secondary N) is 1. The molecule has 0 aromatic heterocycles. The van der Waals surface area contributed by atoms with Crippen LogP contribution in [0.5, 0.6) is 5.75 Å². The number of benzene rings is 1. The minimum absolute atomic E-state index is 0.0150. The van der Waals surface area contributed by atoms with Gasteiger partial charge in [0.2, 0.25) is 11.8 Å². The van der Waals surface area contributed by atoms with E-state index in [9.17, 15) is 9.59 Å². The monoisotopic (exact) mass is 482 g/mol. The van der Waals surface area contributed by atoms with E-state index in [1.807, 2.05) is 6.07 Å². The largest absolute Gasteiger partial charge is 0.487 e. The predicted molar refractivity (Wildman–Crippen MR) is 133 cm³/mol. The normalized spacial score (nSPS) is 31.4. The lowest BCUT2D eigenvalue weighted by Crippen LogP contribution is -2.56. The third kappa shape index (κ3) is 5.32. The van der Waals surface area contributed by atoms with Gasteiger partial charge in [0.25, 0.3) is 0 Å². The zero-order valence-electron chi connectivity index (χ0n) is 20.9. The fraction of sp³-hybridized carbons (Fsp3) is 0.667. The van der Waals surface area contributed by atoms with Crippen LogP contribution in [0.1, 0.15) is 82.4 Å². The number of amides is 2. The van der Waals surface area contributed by atoms with Gasteiger partial charge >= 0.3 is 0 Å². The number of carbonyl (C=O) groups is 2. The average Bonchev–Trinajstić information content (AvgIpc) is 2.80. The molecule has 5 heterocycles. The molecule has 0 spiro atoms. The van der Waals surface area contributed by atoms with E-state index < -0.39 is 0 Å². The number of ether oxygens (including phenoxy) is 2. The lowest BCUT2D eigenvalue weighted by Gasteiger charge is -2.41. The van der Waals surface area contributed by atoms with Gasteiger partial charge in [-0.25, -0.2) is 4.99 Å². The molecule has 0 saturated carbocycles. The van der Waals surface area contributed by atoms with E-state index >= 15 is 0 Å². The van der Waals surface area contributed by atoms with Crippen LogP contribution in [0.15, 0.2) is 23.2 Å². The summed E-state index contributed by atoms with van der Waals surface area (Å²) in [6, 6.07) is 6.17. The Hall–Kier alpha value is -2.61. The molecule has 1 saturated heterocycles. The Morgan fingerprint density at radius 3 is 2.83 bits per heavy atom. The maximum absolute atomic E-state index is 13.1. The predicted octanol–water partition coefficient (Wildman–Crippen LogP) is 3.23. The summed E-state index contributed by atoms with van der Waals surface area (Å²) in [5, 5.41) is 3.28. The highest BCUT2D eigenvalue weighted by atomic mass is 16.5. The SMILES string of the molecule is CC1(C)CC2NC(=O)CCC3COCCC3N3C(=O)CC(CCCCc4ccc(c2c4)O1)N=C3N. The van der Waals surface area contributed by atoms with Crippen LogP contribution in [0.2, 0.25) is 0 Å². The third-order valence-corrected chi connectivity index (χ3v) is 7.87. The molecule has 35 heavy (non-hydrogen) atoms. The molecule has 5 aliphatic heterocycles. The lowest BCUT2D eigenvalue weighted by molar-refractivity contribution is -0.133. The van der Waals surface area contributed by atoms with E-state index in [1.54, 1.807) is 4.90 Å². The van der Waals surface area contributed by atoms with Crippen molar-refractivity contribution < 1.29 is 19.1 Å². The van der Waals surface area contributed by atoms with Crippen molar-refractivity contribution in [1.29, 1.82) is 0 Å². The van der Waals surface area contributed by atoms with Crippen LogP contribution in [0, 0.1) is 5.92 Å². The van der Waals surface area contributed by atoms with Gasteiger partial charge in [-0.1, -0.05) is 18.6 Å². The Morgan fingerprint density at radius 1 is 1.14 bits per heavy atom. The molecule has 8 nitrogen and oxygen atoms in total. The van der Waals surface area contributed by atoms with Crippen molar-refractivity contribution in [3.8, 4) is 5.75 Å². The Labute approximate surface area is 207 Å². The van der Waals surface area contributed by atoms with Gasteiger partial charge in [-0.3, -0.25) is 14.5 Å². The van der Waals surface area contributed by atoms with Crippen LogP contribution >= 0.6 is 0 Å². The van der Waals surface area contributed by atoms with Crippen molar-refractivity contribution in [3.05, 3.63) is 29.3 Å². The second-order valence-corrected chi connectivity index (χ2v) is 11.1. The number of fused-ring (bicyclic) bond motifs is 7. The smallest absolute Gasteiger partial charge is 0.231 e. The van der Waals surface area contributed by atoms with Crippen LogP contribution in [0.25, 0.3) is 0 Å². The van der Waals surface area contributed by atoms with Gasteiger partial charge in [0.05, 0.1) is 18.7 Å². The number of nitrogens with zero attached hydrogens (tertiary/aromatic N) is 2. The van der Waals surface area contributed by atoms with Gasteiger partial charge in [-0.15, -0.1) is 0 Å². The van der Waals surface area contributed by atoms with Gasteiger partial charge in [0, 0.05) is 43.4 Å². The molecule has 190 valence electrons. The van der Waals surface area contributed by atoms with Gasteiger partial charge in [0.15, 0.2) is 5.96 Å². The first kappa shape index (κ1) is 24.1. The molecule has 4 unspecified atom stereocenters.